The number of nitrogens with zero attached hydrogens (tertiary/aromatic N) is 2. The molecule has 0 aliphatic rings. The molecule has 0 aliphatic carbocycles. The van der Waals surface area contributed by atoms with Crippen LogP contribution in [-0.4, -0.2) is 16.5 Å². The second-order valence-electron chi connectivity index (χ2n) is 4.19. The highest BCUT2D eigenvalue weighted by Crippen LogP contribution is 2.20. The Hall–Kier alpha value is -1.81. The van der Waals surface area contributed by atoms with Crippen LogP contribution in [-0.2, 0) is 0 Å². The Morgan fingerprint density at radius 3 is 2.83 bits per heavy atom. The summed E-state index contributed by atoms with van der Waals surface area (Å²) in [4.78, 5) is 8.24. The molecule has 0 fully saturated rings. The first-order chi connectivity index (χ1) is 8.70. The zero-order chi connectivity index (χ0) is 13.0. The average molecular weight is 245 g/mol. The fourth-order valence-electron chi connectivity index (χ4n) is 1.90. The number of hydrogen-bond donors (Lipinski definition) is 1. The molecule has 0 saturated heterocycles. The van der Waals surface area contributed by atoms with Crippen LogP contribution in [0.25, 0.3) is 0 Å². The molecule has 0 spiro atoms. The number of rotatable bonds is 4. The predicted molar refractivity (Wildman–Crippen MR) is 68.7 cm³/mol. The van der Waals surface area contributed by atoms with Gasteiger partial charge < -0.3 is 5.32 Å². The van der Waals surface area contributed by atoms with E-state index in [0.717, 1.165) is 23.4 Å². The van der Waals surface area contributed by atoms with Crippen LogP contribution < -0.4 is 5.32 Å². The zero-order valence-corrected chi connectivity index (χ0v) is 10.5. The van der Waals surface area contributed by atoms with E-state index in [9.17, 15) is 4.39 Å². The van der Waals surface area contributed by atoms with E-state index < -0.39 is 0 Å². The molecule has 0 aromatic carbocycles. The van der Waals surface area contributed by atoms with Gasteiger partial charge in [0.05, 0.1) is 17.9 Å². The van der Waals surface area contributed by atoms with Crippen LogP contribution in [0.5, 0.6) is 0 Å². The van der Waals surface area contributed by atoms with Gasteiger partial charge in [0.2, 0.25) is 0 Å². The van der Waals surface area contributed by atoms with E-state index in [1.165, 1.54) is 12.3 Å². The monoisotopic (exact) mass is 245 g/mol. The molecule has 1 atom stereocenters. The minimum absolute atomic E-state index is 0.127. The second-order valence-corrected chi connectivity index (χ2v) is 4.19. The van der Waals surface area contributed by atoms with Crippen LogP contribution in [0.4, 0.5) is 4.39 Å². The lowest BCUT2D eigenvalue weighted by Crippen LogP contribution is -2.23. The molecule has 2 aromatic rings. The van der Waals surface area contributed by atoms with E-state index in [-0.39, 0.29) is 11.9 Å². The summed E-state index contributed by atoms with van der Waals surface area (Å²) in [5.41, 5.74) is 2.80. The molecule has 18 heavy (non-hydrogen) atoms. The molecule has 4 heteroatoms. The van der Waals surface area contributed by atoms with E-state index in [0.29, 0.717) is 0 Å². The molecule has 2 aromatic heterocycles. The van der Waals surface area contributed by atoms with E-state index in [2.05, 4.69) is 15.3 Å². The lowest BCUT2D eigenvalue weighted by Gasteiger charge is -2.17. The smallest absolute Gasteiger partial charge is 0.141 e. The molecule has 0 amide bonds. The minimum Gasteiger partial charge on any atom is -0.305 e. The number of halogens is 1. The molecular formula is C14H16FN3. The summed E-state index contributed by atoms with van der Waals surface area (Å²) in [5, 5.41) is 3.30. The number of aromatic nitrogens is 2. The maximum atomic E-state index is 13.3. The second kappa shape index (κ2) is 5.69. The fourth-order valence-corrected chi connectivity index (χ4v) is 1.90. The highest BCUT2D eigenvalue weighted by atomic mass is 19.1. The van der Waals surface area contributed by atoms with Crippen LogP contribution in [0.1, 0.15) is 29.8 Å². The van der Waals surface area contributed by atoms with Crippen molar-refractivity contribution in [1.82, 2.24) is 15.3 Å². The lowest BCUT2D eigenvalue weighted by molar-refractivity contribution is 0.589. The SMILES string of the molecule is CCNC(c1cncc(F)c1)c1cc(C)ccn1. The summed E-state index contributed by atoms with van der Waals surface area (Å²) in [5.74, 6) is -0.331. The van der Waals surface area contributed by atoms with Gasteiger partial charge in [-0.2, -0.15) is 0 Å². The third kappa shape index (κ3) is 2.90. The van der Waals surface area contributed by atoms with Gasteiger partial charge in [0.15, 0.2) is 0 Å². The van der Waals surface area contributed by atoms with Gasteiger partial charge in [-0.05, 0) is 42.8 Å². The molecule has 94 valence electrons. The zero-order valence-electron chi connectivity index (χ0n) is 10.5. The van der Waals surface area contributed by atoms with E-state index in [1.807, 2.05) is 26.0 Å². The Balaban J connectivity index is 2.39. The van der Waals surface area contributed by atoms with Crippen LogP contribution in [0, 0.1) is 12.7 Å². The molecule has 0 saturated carbocycles. The first-order valence-electron chi connectivity index (χ1n) is 5.97. The van der Waals surface area contributed by atoms with Gasteiger partial charge in [-0.1, -0.05) is 6.92 Å². The normalized spacial score (nSPS) is 12.4. The molecule has 2 rings (SSSR count). The third-order valence-corrected chi connectivity index (χ3v) is 2.70. The van der Waals surface area contributed by atoms with Gasteiger partial charge in [0.1, 0.15) is 5.82 Å². The molecule has 1 unspecified atom stereocenters. The summed E-state index contributed by atoms with van der Waals surface area (Å²) in [6.07, 6.45) is 4.64. The predicted octanol–water partition coefficient (Wildman–Crippen LogP) is 2.62. The summed E-state index contributed by atoms with van der Waals surface area (Å²) in [6.45, 7) is 4.80. The Morgan fingerprint density at radius 2 is 2.17 bits per heavy atom. The van der Waals surface area contributed by atoms with Crippen LogP contribution in [0.15, 0.2) is 36.8 Å². The van der Waals surface area contributed by atoms with Crippen molar-refractivity contribution < 1.29 is 4.39 Å². The quantitative estimate of drug-likeness (QED) is 0.899. The summed E-state index contributed by atoms with van der Waals surface area (Å²) < 4.78 is 13.3. The highest BCUT2D eigenvalue weighted by molar-refractivity contribution is 5.27. The Bertz CT molecular complexity index is 482. The van der Waals surface area contributed by atoms with E-state index in [4.69, 9.17) is 0 Å². The molecule has 0 bridgehead atoms. The van der Waals surface area contributed by atoms with Gasteiger partial charge in [-0.3, -0.25) is 9.97 Å². The van der Waals surface area contributed by atoms with Crippen molar-refractivity contribution in [3.05, 3.63) is 59.4 Å². The van der Waals surface area contributed by atoms with Crippen molar-refractivity contribution >= 4 is 0 Å². The molecule has 2 heterocycles. The molecular weight excluding hydrogens is 229 g/mol. The number of hydrogen-bond acceptors (Lipinski definition) is 3. The third-order valence-electron chi connectivity index (χ3n) is 2.70. The van der Waals surface area contributed by atoms with Crippen LogP contribution in [0.2, 0.25) is 0 Å². The van der Waals surface area contributed by atoms with Gasteiger partial charge >= 0.3 is 0 Å². The topological polar surface area (TPSA) is 37.8 Å². The van der Waals surface area contributed by atoms with Crippen LogP contribution in [0.3, 0.4) is 0 Å². The van der Waals surface area contributed by atoms with Crippen molar-refractivity contribution in [3.63, 3.8) is 0 Å². The Morgan fingerprint density at radius 1 is 1.33 bits per heavy atom. The van der Waals surface area contributed by atoms with Crippen molar-refractivity contribution in [2.24, 2.45) is 0 Å². The van der Waals surface area contributed by atoms with Gasteiger partial charge in [-0.25, -0.2) is 4.39 Å². The van der Waals surface area contributed by atoms with E-state index >= 15 is 0 Å². The summed E-state index contributed by atoms with van der Waals surface area (Å²) in [6, 6.07) is 5.30. The molecule has 3 nitrogen and oxygen atoms in total. The van der Waals surface area contributed by atoms with Crippen molar-refractivity contribution in [1.29, 1.82) is 0 Å². The first-order valence-corrected chi connectivity index (χ1v) is 5.97. The highest BCUT2D eigenvalue weighted by Gasteiger charge is 2.15. The Kier molecular flexibility index (Phi) is 3.99. The van der Waals surface area contributed by atoms with Crippen LogP contribution >= 0.6 is 0 Å². The van der Waals surface area contributed by atoms with Gasteiger partial charge in [0, 0.05) is 12.4 Å². The lowest BCUT2D eigenvalue weighted by atomic mass is 10.0. The van der Waals surface area contributed by atoms with Crippen molar-refractivity contribution in [2.75, 3.05) is 6.54 Å². The minimum atomic E-state index is -0.331. The van der Waals surface area contributed by atoms with E-state index in [1.54, 1.807) is 12.4 Å². The maximum absolute atomic E-state index is 13.3. The standard InChI is InChI=1S/C14H16FN3/c1-3-17-14(11-7-12(15)9-16-8-11)13-6-10(2)4-5-18-13/h4-9,14,17H,3H2,1-2H3. The summed E-state index contributed by atoms with van der Waals surface area (Å²) in [7, 11) is 0. The number of pyridine rings is 2. The fraction of sp³-hybridized carbons (Fsp3) is 0.286. The van der Waals surface area contributed by atoms with Gasteiger partial charge in [-0.15, -0.1) is 0 Å². The molecule has 0 aliphatic heterocycles. The Labute approximate surface area is 106 Å². The maximum Gasteiger partial charge on any atom is 0.141 e. The number of nitrogens with one attached hydrogen (secondary N) is 1. The summed E-state index contributed by atoms with van der Waals surface area (Å²) >= 11 is 0. The van der Waals surface area contributed by atoms with Crippen molar-refractivity contribution in [3.8, 4) is 0 Å². The van der Waals surface area contributed by atoms with Crippen molar-refractivity contribution in [2.45, 2.75) is 19.9 Å². The number of aryl methyl sites for hydroxylation is 1. The molecule has 0 radical (unpaired) electrons. The van der Waals surface area contributed by atoms with Gasteiger partial charge in [0.25, 0.3) is 0 Å². The first kappa shape index (κ1) is 12.6. The average Bonchev–Trinajstić information content (AvgIpc) is 2.36. The largest absolute Gasteiger partial charge is 0.305 e. The molecule has 1 N–H and O–H groups in total.